The maximum atomic E-state index is 11.6. The second-order valence-electron chi connectivity index (χ2n) is 7.01. The minimum absolute atomic E-state index is 0.0234. The van der Waals surface area contributed by atoms with Gasteiger partial charge in [-0.15, -0.1) is 0 Å². The molecule has 158 valence electrons. The maximum Gasteiger partial charge on any atom is 0.331 e. The van der Waals surface area contributed by atoms with Gasteiger partial charge in [0, 0.05) is 12.2 Å². The van der Waals surface area contributed by atoms with Crippen LogP contribution in [-0.2, 0) is 28.7 Å². The first-order chi connectivity index (χ1) is 13.4. The van der Waals surface area contributed by atoms with Gasteiger partial charge in [0.15, 0.2) is 0 Å². The Morgan fingerprint density at radius 3 is 1.25 bits per heavy atom. The van der Waals surface area contributed by atoms with Gasteiger partial charge in [-0.3, -0.25) is 9.59 Å². The summed E-state index contributed by atoms with van der Waals surface area (Å²) in [6.45, 7) is 0. The molecule has 8 nitrogen and oxygen atoms in total. The van der Waals surface area contributed by atoms with E-state index in [9.17, 15) is 19.2 Å². The molecule has 8 heteroatoms. The fraction of sp³-hybridized carbons (Fsp3) is 0.700. The molecule has 0 aliphatic heterocycles. The number of carbonyl (C=O) groups is 4. The summed E-state index contributed by atoms with van der Waals surface area (Å²) < 4.78 is 10.6. The Labute approximate surface area is 164 Å². The maximum absolute atomic E-state index is 11.6. The Hall–Kier alpha value is -2.38. The normalized spacial score (nSPS) is 18.0. The molecule has 28 heavy (non-hydrogen) atoms. The molecule has 2 aliphatic carbocycles. The molecular weight excluding hydrogens is 368 g/mol. The van der Waals surface area contributed by atoms with Gasteiger partial charge in [-0.05, 0) is 51.4 Å². The smallest absolute Gasteiger partial charge is 0.331 e. The monoisotopic (exact) mass is 398 g/mol. The van der Waals surface area contributed by atoms with E-state index >= 15 is 0 Å². The van der Waals surface area contributed by atoms with Gasteiger partial charge in [0.2, 0.25) is 0 Å². The van der Waals surface area contributed by atoms with Crippen LogP contribution in [0.3, 0.4) is 0 Å². The number of aliphatic carboxylic acids is 2. The van der Waals surface area contributed by atoms with E-state index in [4.69, 9.17) is 19.7 Å². The van der Waals surface area contributed by atoms with Gasteiger partial charge in [-0.2, -0.15) is 0 Å². The van der Waals surface area contributed by atoms with Crippen molar-refractivity contribution in [1.29, 1.82) is 0 Å². The van der Waals surface area contributed by atoms with Crippen molar-refractivity contribution < 1.29 is 38.9 Å². The van der Waals surface area contributed by atoms with Crippen LogP contribution < -0.4 is 0 Å². The molecule has 0 aromatic carbocycles. The molecule has 0 unspecified atom stereocenters. The third-order valence-electron chi connectivity index (χ3n) is 4.58. The molecule has 2 aliphatic rings. The highest BCUT2D eigenvalue weighted by molar-refractivity contribution is 5.91. The Kier molecular flexibility index (Phi) is 11.6. The minimum Gasteiger partial charge on any atom is -0.481 e. The number of hydrogen-bond acceptors (Lipinski definition) is 6. The molecule has 0 radical (unpaired) electrons. The van der Waals surface area contributed by atoms with Crippen LogP contribution >= 0.6 is 0 Å². The number of carboxylic acids is 2. The van der Waals surface area contributed by atoms with Gasteiger partial charge in [0.1, 0.15) is 12.2 Å². The lowest BCUT2D eigenvalue weighted by atomic mass is 9.98. The van der Waals surface area contributed by atoms with Crippen LogP contribution in [0.5, 0.6) is 0 Å². The van der Waals surface area contributed by atoms with E-state index in [2.05, 4.69) is 0 Å². The Morgan fingerprint density at radius 2 is 0.964 bits per heavy atom. The van der Waals surface area contributed by atoms with Crippen molar-refractivity contribution in [3.8, 4) is 0 Å². The summed E-state index contributed by atoms with van der Waals surface area (Å²) in [6.07, 6.45) is 12.5. The lowest BCUT2D eigenvalue weighted by molar-refractivity contribution is -0.147. The molecule has 0 aromatic heterocycles. The average Bonchev–Trinajstić information content (AvgIpc) is 2.67. The standard InChI is InChI=1S/C16H24O4.C4H6O4/c17-15(19-13-7-3-1-4-8-13)11-12-16(18)20-14-9-5-2-6-10-14;5-3(6)1-2-4(7)8/h11-14H,1-10H2;1-2H2,(H,5,6)(H,7,8)/b12-11-;. The Bertz CT molecular complexity index is 494. The number of esters is 2. The van der Waals surface area contributed by atoms with Crippen molar-refractivity contribution in [2.24, 2.45) is 0 Å². The van der Waals surface area contributed by atoms with Crippen molar-refractivity contribution in [3.63, 3.8) is 0 Å². The van der Waals surface area contributed by atoms with Gasteiger partial charge >= 0.3 is 23.9 Å². The molecule has 0 spiro atoms. The molecule has 2 saturated carbocycles. The van der Waals surface area contributed by atoms with E-state index in [-0.39, 0.29) is 25.0 Å². The molecule has 2 fully saturated rings. The number of carbonyl (C=O) groups excluding carboxylic acids is 2. The van der Waals surface area contributed by atoms with Gasteiger partial charge < -0.3 is 19.7 Å². The van der Waals surface area contributed by atoms with E-state index in [1.165, 1.54) is 25.0 Å². The van der Waals surface area contributed by atoms with Crippen LogP contribution in [0.1, 0.15) is 77.0 Å². The van der Waals surface area contributed by atoms with E-state index in [0.717, 1.165) is 51.4 Å². The largest absolute Gasteiger partial charge is 0.481 e. The zero-order valence-corrected chi connectivity index (χ0v) is 16.1. The molecule has 0 amide bonds. The number of rotatable bonds is 7. The first-order valence-corrected chi connectivity index (χ1v) is 9.89. The van der Waals surface area contributed by atoms with Crippen molar-refractivity contribution in [2.75, 3.05) is 0 Å². The van der Waals surface area contributed by atoms with Crippen LogP contribution in [-0.4, -0.2) is 46.3 Å². The predicted molar refractivity (Wildman–Crippen MR) is 99.6 cm³/mol. The van der Waals surface area contributed by atoms with E-state index < -0.39 is 23.9 Å². The topological polar surface area (TPSA) is 127 Å². The number of hydrogen-bond donors (Lipinski definition) is 2. The minimum atomic E-state index is -1.08. The van der Waals surface area contributed by atoms with E-state index in [1.54, 1.807) is 0 Å². The van der Waals surface area contributed by atoms with Crippen LogP contribution in [0.4, 0.5) is 0 Å². The molecule has 2 rings (SSSR count). The lowest BCUT2D eigenvalue weighted by Crippen LogP contribution is -2.21. The Morgan fingerprint density at radius 1 is 0.643 bits per heavy atom. The first-order valence-electron chi connectivity index (χ1n) is 9.89. The second-order valence-corrected chi connectivity index (χ2v) is 7.01. The molecular formula is C20H30O8. The number of ether oxygens (including phenoxy) is 2. The predicted octanol–water partition coefficient (Wildman–Crippen LogP) is 3.23. The summed E-state index contributed by atoms with van der Waals surface area (Å²) in [4.78, 5) is 42.5. The zero-order valence-electron chi connectivity index (χ0n) is 16.1. The summed E-state index contributed by atoms with van der Waals surface area (Å²) in [6, 6.07) is 0. The SMILES string of the molecule is O=C(/C=C\C(=O)OC1CCCCC1)OC1CCCCC1.O=C(O)CCC(=O)O. The second kappa shape index (κ2) is 13.7. The molecule has 0 atom stereocenters. The quantitative estimate of drug-likeness (QED) is 0.494. The molecule has 2 N–H and O–H groups in total. The first kappa shape index (κ1) is 23.7. The third-order valence-corrected chi connectivity index (χ3v) is 4.58. The molecule has 0 bridgehead atoms. The van der Waals surface area contributed by atoms with Crippen LogP contribution in [0, 0.1) is 0 Å². The van der Waals surface area contributed by atoms with Crippen LogP contribution in [0.2, 0.25) is 0 Å². The molecule has 0 heterocycles. The van der Waals surface area contributed by atoms with Crippen molar-refractivity contribution in [3.05, 3.63) is 12.2 Å². The van der Waals surface area contributed by atoms with Crippen LogP contribution in [0.15, 0.2) is 12.2 Å². The van der Waals surface area contributed by atoms with Gasteiger partial charge in [0.05, 0.1) is 12.8 Å². The highest BCUT2D eigenvalue weighted by atomic mass is 16.5. The highest BCUT2D eigenvalue weighted by Gasteiger charge is 2.18. The van der Waals surface area contributed by atoms with Crippen molar-refractivity contribution in [2.45, 2.75) is 89.3 Å². The third kappa shape index (κ3) is 12.1. The summed E-state index contributed by atoms with van der Waals surface area (Å²) in [5.74, 6) is -3.02. The highest BCUT2D eigenvalue weighted by Crippen LogP contribution is 2.21. The van der Waals surface area contributed by atoms with Crippen LogP contribution in [0.25, 0.3) is 0 Å². The van der Waals surface area contributed by atoms with Crippen molar-refractivity contribution >= 4 is 23.9 Å². The lowest BCUT2D eigenvalue weighted by Gasteiger charge is -2.21. The van der Waals surface area contributed by atoms with E-state index in [1.807, 2.05) is 0 Å². The Balaban J connectivity index is 0.000000416. The summed E-state index contributed by atoms with van der Waals surface area (Å²) in [5.41, 5.74) is 0. The van der Waals surface area contributed by atoms with Crippen molar-refractivity contribution in [1.82, 2.24) is 0 Å². The summed E-state index contributed by atoms with van der Waals surface area (Å²) >= 11 is 0. The van der Waals surface area contributed by atoms with Gasteiger partial charge in [-0.25, -0.2) is 9.59 Å². The average molecular weight is 398 g/mol. The zero-order chi connectivity index (χ0) is 20.8. The fourth-order valence-electron chi connectivity index (χ4n) is 3.12. The molecule has 0 aromatic rings. The summed E-state index contributed by atoms with van der Waals surface area (Å²) in [7, 11) is 0. The van der Waals surface area contributed by atoms with Gasteiger partial charge in [-0.1, -0.05) is 12.8 Å². The number of carboxylic acid groups (broad SMARTS) is 2. The molecule has 0 saturated heterocycles. The fourth-order valence-corrected chi connectivity index (χ4v) is 3.12. The summed E-state index contributed by atoms with van der Waals surface area (Å²) in [5, 5.41) is 15.8. The van der Waals surface area contributed by atoms with Gasteiger partial charge in [0.25, 0.3) is 0 Å². The van der Waals surface area contributed by atoms with E-state index in [0.29, 0.717) is 0 Å².